The molecule has 0 fully saturated rings. The fourth-order valence-corrected chi connectivity index (χ4v) is 3.98. The van der Waals surface area contributed by atoms with E-state index < -0.39 is 0 Å². The van der Waals surface area contributed by atoms with Crippen molar-refractivity contribution in [3.63, 3.8) is 0 Å². The van der Waals surface area contributed by atoms with Crippen molar-refractivity contribution in [2.75, 3.05) is 5.73 Å². The lowest BCUT2D eigenvalue weighted by atomic mass is 10.1. The van der Waals surface area contributed by atoms with Crippen molar-refractivity contribution in [1.82, 2.24) is 14.5 Å². The molecule has 1 aromatic carbocycles. The van der Waals surface area contributed by atoms with Gasteiger partial charge >= 0.3 is 0 Å². The minimum Gasteiger partial charge on any atom is -0.383 e. The van der Waals surface area contributed by atoms with Gasteiger partial charge in [-0.15, -0.1) is 11.3 Å². The van der Waals surface area contributed by atoms with Gasteiger partial charge in [-0.25, -0.2) is 9.97 Å². The van der Waals surface area contributed by atoms with Crippen LogP contribution in [0.2, 0.25) is 0 Å². The Hall–Kier alpha value is -2.66. The topological polar surface area (TPSA) is 56.7 Å². The minimum absolute atomic E-state index is 0.0865. The van der Waals surface area contributed by atoms with Crippen molar-refractivity contribution >= 4 is 28.2 Å². The van der Waals surface area contributed by atoms with E-state index in [-0.39, 0.29) is 5.54 Å². The van der Waals surface area contributed by atoms with E-state index >= 15 is 0 Å². The summed E-state index contributed by atoms with van der Waals surface area (Å²) in [5, 5.41) is 3.11. The molecule has 0 aliphatic rings. The second-order valence-electron chi connectivity index (χ2n) is 7.11. The molecule has 0 unspecified atom stereocenters. The Kier molecular flexibility index (Phi) is 3.62. The maximum atomic E-state index is 6.21. The molecule has 3 aromatic heterocycles. The zero-order valence-corrected chi connectivity index (χ0v) is 15.3. The third-order valence-electron chi connectivity index (χ3n) is 4.31. The Balaban J connectivity index is 1.92. The van der Waals surface area contributed by atoms with Crippen molar-refractivity contribution in [3.8, 4) is 21.6 Å². The summed E-state index contributed by atoms with van der Waals surface area (Å²) >= 11 is 1.72. The van der Waals surface area contributed by atoms with Crippen LogP contribution in [0.15, 0.2) is 54.3 Å². The Morgan fingerprint density at radius 3 is 2.52 bits per heavy atom. The number of nitrogens with two attached hydrogens (primary N) is 1. The Labute approximate surface area is 151 Å². The van der Waals surface area contributed by atoms with Crippen molar-refractivity contribution < 1.29 is 0 Å². The van der Waals surface area contributed by atoms with Crippen LogP contribution in [-0.4, -0.2) is 14.5 Å². The predicted molar refractivity (Wildman–Crippen MR) is 106 cm³/mol. The standard InChI is InChI=1S/C20H20N4S/c1-20(2,3)24-10-15(17-18(21)22-12-23-19(17)24)16-9-14(11-25-16)13-7-5-4-6-8-13/h4-12H,1-3H3,(H2,21,22,23). The van der Waals surface area contributed by atoms with E-state index in [1.165, 1.54) is 22.3 Å². The number of hydrogen-bond donors (Lipinski definition) is 1. The van der Waals surface area contributed by atoms with Gasteiger partial charge in [-0.3, -0.25) is 0 Å². The van der Waals surface area contributed by atoms with Gasteiger partial charge in [0.25, 0.3) is 0 Å². The van der Waals surface area contributed by atoms with Crippen LogP contribution in [0, 0.1) is 0 Å². The number of anilines is 1. The maximum Gasteiger partial charge on any atom is 0.146 e. The van der Waals surface area contributed by atoms with Crippen LogP contribution in [0.4, 0.5) is 5.82 Å². The van der Waals surface area contributed by atoms with E-state index in [0.717, 1.165) is 16.6 Å². The zero-order valence-electron chi connectivity index (χ0n) is 14.5. The molecule has 4 aromatic rings. The Morgan fingerprint density at radius 2 is 1.80 bits per heavy atom. The summed E-state index contributed by atoms with van der Waals surface area (Å²) in [6.45, 7) is 6.50. The quantitative estimate of drug-likeness (QED) is 0.544. The summed E-state index contributed by atoms with van der Waals surface area (Å²) in [6.07, 6.45) is 3.68. The summed E-state index contributed by atoms with van der Waals surface area (Å²) in [5.74, 6) is 0.526. The predicted octanol–water partition coefficient (Wildman–Crippen LogP) is 5.16. The highest BCUT2D eigenvalue weighted by Crippen LogP contribution is 2.40. The number of rotatable bonds is 2. The first kappa shape index (κ1) is 15.8. The molecule has 5 heteroatoms. The lowest BCUT2D eigenvalue weighted by molar-refractivity contribution is 0.408. The molecular weight excluding hydrogens is 328 g/mol. The first-order valence-corrected chi connectivity index (χ1v) is 9.09. The molecule has 4 rings (SSSR count). The van der Waals surface area contributed by atoms with E-state index in [9.17, 15) is 0 Å². The van der Waals surface area contributed by atoms with E-state index in [2.05, 4.69) is 77.2 Å². The van der Waals surface area contributed by atoms with Crippen LogP contribution in [0.3, 0.4) is 0 Å². The summed E-state index contributed by atoms with van der Waals surface area (Å²) < 4.78 is 2.18. The summed E-state index contributed by atoms with van der Waals surface area (Å²) in [7, 11) is 0. The molecule has 0 amide bonds. The average Bonchev–Trinajstić information content (AvgIpc) is 3.20. The maximum absolute atomic E-state index is 6.21. The monoisotopic (exact) mass is 348 g/mol. The third-order valence-corrected chi connectivity index (χ3v) is 5.27. The van der Waals surface area contributed by atoms with Gasteiger partial charge in [0.15, 0.2) is 0 Å². The number of aromatic nitrogens is 3. The Morgan fingerprint density at radius 1 is 1.04 bits per heavy atom. The van der Waals surface area contributed by atoms with Crippen LogP contribution >= 0.6 is 11.3 Å². The number of hydrogen-bond acceptors (Lipinski definition) is 4. The molecule has 3 heterocycles. The molecule has 0 aliphatic carbocycles. The molecule has 0 bridgehead atoms. The van der Waals surface area contributed by atoms with Crippen LogP contribution in [0.25, 0.3) is 32.6 Å². The van der Waals surface area contributed by atoms with Crippen LogP contribution < -0.4 is 5.73 Å². The van der Waals surface area contributed by atoms with Crippen LogP contribution in [0.5, 0.6) is 0 Å². The molecule has 0 atom stereocenters. The minimum atomic E-state index is -0.0865. The Bertz CT molecular complexity index is 1040. The van der Waals surface area contributed by atoms with Gasteiger partial charge in [0.05, 0.1) is 5.39 Å². The molecule has 2 N–H and O–H groups in total. The summed E-state index contributed by atoms with van der Waals surface area (Å²) in [5.41, 5.74) is 10.5. The van der Waals surface area contributed by atoms with Gasteiger partial charge in [0, 0.05) is 22.2 Å². The summed E-state index contributed by atoms with van der Waals surface area (Å²) in [4.78, 5) is 9.88. The first-order chi connectivity index (χ1) is 11.9. The van der Waals surface area contributed by atoms with Crippen LogP contribution in [-0.2, 0) is 5.54 Å². The molecule has 25 heavy (non-hydrogen) atoms. The van der Waals surface area contributed by atoms with E-state index in [0.29, 0.717) is 5.82 Å². The molecule has 0 saturated carbocycles. The number of thiophene rings is 1. The molecule has 0 saturated heterocycles. The fraction of sp³-hybridized carbons (Fsp3) is 0.200. The first-order valence-electron chi connectivity index (χ1n) is 8.21. The van der Waals surface area contributed by atoms with Crippen molar-refractivity contribution in [2.45, 2.75) is 26.3 Å². The van der Waals surface area contributed by atoms with Crippen LogP contribution in [0.1, 0.15) is 20.8 Å². The number of nitrogens with zero attached hydrogens (tertiary/aromatic N) is 3. The highest BCUT2D eigenvalue weighted by atomic mass is 32.1. The second-order valence-corrected chi connectivity index (χ2v) is 8.02. The number of nitrogen functional groups attached to an aromatic ring is 1. The van der Waals surface area contributed by atoms with E-state index in [1.54, 1.807) is 11.3 Å². The number of fused-ring (bicyclic) bond motifs is 1. The van der Waals surface area contributed by atoms with Gasteiger partial charge in [-0.05, 0) is 43.3 Å². The molecule has 4 nitrogen and oxygen atoms in total. The second kappa shape index (κ2) is 5.70. The summed E-state index contributed by atoms with van der Waals surface area (Å²) in [6, 6.07) is 12.6. The highest BCUT2D eigenvalue weighted by molar-refractivity contribution is 7.14. The van der Waals surface area contributed by atoms with E-state index in [4.69, 9.17) is 5.73 Å². The lowest BCUT2D eigenvalue weighted by Gasteiger charge is -2.21. The SMILES string of the molecule is CC(C)(C)n1cc(-c2cc(-c3ccccc3)cs2)c2c(N)ncnc21. The zero-order chi connectivity index (χ0) is 17.6. The normalized spacial score (nSPS) is 12.0. The van der Waals surface area contributed by atoms with Crippen molar-refractivity contribution in [2.24, 2.45) is 0 Å². The van der Waals surface area contributed by atoms with Gasteiger partial charge in [0.2, 0.25) is 0 Å². The molecule has 0 aliphatic heterocycles. The number of benzene rings is 1. The van der Waals surface area contributed by atoms with Gasteiger partial charge in [0.1, 0.15) is 17.8 Å². The average molecular weight is 348 g/mol. The van der Waals surface area contributed by atoms with Gasteiger partial charge < -0.3 is 10.3 Å². The lowest BCUT2D eigenvalue weighted by Crippen LogP contribution is -2.21. The molecule has 0 radical (unpaired) electrons. The smallest absolute Gasteiger partial charge is 0.146 e. The molecule has 0 spiro atoms. The highest BCUT2D eigenvalue weighted by Gasteiger charge is 2.22. The van der Waals surface area contributed by atoms with Gasteiger partial charge in [-0.2, -0.15) is 0 Å². The molecular formula is C20H20N4S. The molecule has 126 valence electrons. The third kappa shape index (κ3) is 2.70. The van der Waals surface area contributed by atoms with Gasteiger partial charge in [-0.1, -0.05) is 30.3 Å². The van der Waals surface area contributed by atoms with E-state index in [1.807, 2.05) is 6.07 Å². The van der Waals surface area contributed by atoms with Crippen molar-refractivity contribution in [1.29, 1.82) is 0 Å². The van der Waals surface area contributed by atoms with Crippen molar-refractivity contribution in [3.05, 3.63) is 54.3 Å². The largest absolute Gasteiger partial charge is 0.383 e. The fourth-order valence-electron chi connectivity index (χ4n) is 3.04.